The van der Waals surface area contributed by atoms with Crippen molar-refractivity contribution in [3.8, 4) is 0 Å². The minimum absolute atomic E-state index is 0.0496. The Morgan fingerprint density at radius 2 is 2.06 bits per heavy atom. The van der Waals surface area contributed by atoms with Crippen molar-refractivity contribution in [1.82, 2.24) is 10.3 Å². The first-order chi connectivity index (χ1) is 15.9. The van der Waals surface area contributed by atoms with Crippen molar-refractivity contribution < 1.29 is 33.0 Å². The Bertz CT molecular complexity index is 859. The van der Waals surface area contributed by atoms with Crippen LogP contribution in [0.15, 0.2) is 41.6 Å². The molecule has 33 heavy (non-hydrogen) atoms. The molecule has 1 N–H and O–H groups in total. The first-order valence-corrected chi connectivity index (χ1v) is 10.9. The quantitative estimate of drug-likeness (QED) is 0.286. The summed E-state index contributed by atoms with van der Waals surface area (Å²) in [6.07, 6.45) is 11.9. The first-order valence-electron chi connectivity index (χ1n) is 10.9. The van der Waals surface area contributed by atoms with E-state index in [1.165, 1.54) is 20.1 Å². The number of amides is 1. The van der Waals surface area contributed by atoms with Gasteiger partial charge in [0.1, 0.15) is 18.2 Å². The molecule has 2 rings (SSSR count). The van der Waals surface area contributed by atoms with Crippen molar-refractivity contribution in [3.63, 3.8) is 0 Å². The number of esters is 1. The van der Waals surface area contributed by atoms with Crippen LogP contribution in [0.25, 0.3) is 6.08 Å². The molecule has 1 unspecified atom stereocenters. The van der Waals surface area contributed by atoms with Crippen molar-refractivity contribution in [2.24, 2.45) is 0 Å². The van der Waals surface area contributed by atoms with Gasteiger partial charge in [0.25, 0.3) is 0 Å². The third-order valence-corrected chi connectivity index (χ3v) is 4.86. The Morgan fingerprint density at radius 1 is 1.27 bits per heavy atom. The topological polar surface area (TPSA) is 117 Å². The van der Waals surface area contributed by atoms with Gasteiger partial charge >= 0.3 is 12.1 Å². The number of alkyl carbamates (subject to hydrolysis) is 1. The summed E-state index contributed by atoms with van der Waals surface area (Å²) in [5.74, 6) is 0.0602. The molecule has 0 bridgehead atoms. The second-order valence-corrected chi connectivity index (χ2v) is 7.73. The number of hydrogen-bond donors (Lipinski definition) is 1. The van der Waals surface area contributed by atoms with E-state index in [4.69, 9.17) is 13.9 Å². The fraction of sp³-hybridized carbons (Fsp3) is 0.500. The molecule has 0 spiro atoms. The van der Waals surface area contributed by atoms with Gasteiger partial charge in [0.05, 0.1) is 25.0 Å². The Kier molecular flexibility index (Phi) is 11.1. The number of aryl methyl sites for hydroxylation is 1. The summed E-state index contributed by atoms with van der Waals surface area (Å²) < 4.78 is 21.3. The van der Waals surface area contributed by atoms with Crippen molar-refractivity contribution >= 4 is 23.9 Å². The number of carbonyl (C=O) groups is 3. The van der Waals surface area contributed by atoms with Crippen LogP contribution in [0, 0.1) is 0 Å². The third-order valence-electron chi connectivity index (χ3n) is 4.86. The normalized spacial score (nSPS) is 20.6. The van der Waals surface area contributed by atoms with Crippen molar-refractivity contribution in [2.45, 2.75) is 63.8 Å². The van der Waals surface area contributed by atoms with E-state index in [0.29, 0.717) is 51.0 Å². The van der Waals surface area contributed by atoms with Gasteiger partial charge in [-0.2, -0.15) is 0 Å². The number of Topliss-reactive ketones (excluding diaryl/α,β-unsaturated/α-hetero) is 1. The zero-order valence-corrected chi connectivity index (χ0v) is 19.2. The van der Waals surface area contributed by atoms with E-state index in [9.17, 15) is 14.4 Å². The minimum Gasteiger partial charge on any atom is -0.459 e. The zero-order valence-electron chi connectivity index (χ0n) is 19.2. The zero-order chi connectivity index (χ0) is 24.1. The van der Waals surface area contributed by atoms with Crippen LogP contribution < -0.4 is 5.32 Å². The summed E-state index contributed by atoms with van der Waals surface area (Å²) in [6.45, 7) is 5.56. The van der Waals surface area contributed by atoms with E-state index in [1.54, 1.807) is 30.6 Å². The number of rotatable bonds is 12. The summed E-state index contributed by atoms with van der Waals surface area (Å²) in [6, 6.07) is 0. The van der Waals surface area contributed by atoms with E-state index in [0.717, 1.165) is 5.69 Å². The number of nitrogens with one attached hydrogen (secondary N) is 1. The molecule has 1 aliphatic rings. The van der Waals surface area contributed by atoms with E-state index in [2.05, 4.69) is 21.6 Å². The lowest BCUT2D eigenvalue weighted by atomic mass is 9.96. The fourth-order valence-corrected chi connectivity index (χ4v) is 3.45. The lowest BCUT2D eigenvalue weighted by molar-refractivity contribution is -0.157. The number of nitrogens with zero attached hydrogens (tertiary/aromatic N) is 1. The largest absolute Gasteiger partial charge is 0.459 e. The molecule has 1 aromatic heterocycles. The molecule has 1 aliphatic heterocycles. The average molecular weight is 461 g/mol. The maximum atomic E-state index is 12.2. The van der Waals surface area contributed by atoms with Gasteiger partial charge < -0.3 is 23.9 Å². The maximum Gasteiger partial charge on any atom is 0.407 e. The van der Waals surface area contributed by atoms with Gasteiger partial charge in [0, 0.05) is 31.9 Å². The number of ether oxygens (including phenoxy) is 3. The number of hydrogen-bond acceptors (Lipinski definition) is 8. The second kappa shape index (κ2) is 14.1. The lowest BCUT2D eigenvalue weighted by Gasteiger charge is -2.34. The van der Waals surface area contributed by atoms with Gasteiger partial charge in [0.15, 0.2) is 0 Å². The van der Waals surface area contributed by atoms with Crippen LogP contribution in [0.5, 0.6) is 0 Å². The number of methoxy groups -OCH3 is 1. The Hall–Kier alpha value is -3.20. The van der Waals surface area contributed by atoms with Crippen LogP contribution in [0.1, 0.15) is 50.6 Å². The maximum absolute atomic E-state index is 12.2. The highest BCUT2D eigenvalue weighted by atomic mass is 16.6. The highest BCUT2D eigenvalue weighted by molar-refractivity contribution is 5.82. The molecular formula is C24H32N2O7. The van der Waals surface area contributed by atoms with Crippen molar-refractivity contribution in [1.29, 1.82) is 0 Å². The van der Waals surface area contributed by atoms with Crippen LogP contribution in [-0.4, -0.2) is 54.8 Å². The van der Waals surface area contributed by atoms with Gasteiger partial charge in [-0.3, -0.25) is 4.79 Å². The molecule has 1 fully saturated rings. The van der Waals surface area contributed by atoms with E-state index in [-0.39, 0.29) is 24.1 Å². The molecule has 1 aromatic rings. The molecule has 3 atom stereocenters. The Labute approximate surface area is 193 Å². The number of aromatic nitrogens is 1. The molecule has 9 nitrogen and oxygen atoms in total. The highest BCUT2D eigenvalue weighted by Crippen LogP contribution is 2.26. The van der Waals surface area contributed by atoms with E-state index in [1.807, 2.05) is 0 Å². The van der Waals surface area contributed by atoms with E-state index >= 15 is 0 Å². The molecule has 2 heterocycles. The van der Waals surface area contributed by atoms with Crippen LogP contribution in [0.3, 0.4) is 0 Å². The summed E-state index contributed by atoms with van der Waals surface area (Å²) in [5.41, 5.74) is 0.748. The lowest BCUT2D eigenvalue weighted by Crippen LogP contribution is -2.38. The van der Waals surface area contributed by atoms with Gasteiger partial charge in [-0.25, -0.2) is 14.6 Å². The predicted octanol–water partition coefficient (Wildman–Crippen LogP) is 3.55. The predicted molar refractivity (Wildman–Crippen MR) is 121 cm³/mol. The van der Waals surface area contributed by atoms with Crippen LogP contribution in [-0.2, 0) is 30.2 Å². The van der Waals surface area contributed by atoms with Gasteiger partial charge in [-0.15, -0.1) is 6.58 Å². The molecule has 0 saturated carbocycles. The standard InChI is InChI=1S/C24H32N2O7/c1-4-8-19-14-21(15-20(32-19)13-17(2)27)33-23(28)11-6-5-9-18-16-31-22(26-18)10-7-12-25-24(29)30-3/h4,6-7,10-11,16,19-21H,1,5,8-9,12-15H2,2-3H3,(H,25,29)/t19?,20-,21-/m1/s1. The summed E-state index contributed by atoms with van der Waals surface area (Å²) in [5, 5.41) is 2.51. The molecule has 1 amide bonds. The number of oxazole rings is 1. The van der Waals surface area contributed by atoms with Gasteiger partial charge in [0.2, 0.25) is 5.89 Å². The number of ketones is 1. The van der Waals surface area contributed by atoms with Gasteiger partial charge in [-0.1, -0.05) is 18.2 Å². The Balaban J connectivity index is 1.74. The Morgan fingerprint density at radius 3 is 2.79 bits per heavy atom. The minimum atomic E-state index is -0.512. The number of carbonyl (C=O) groups excluding carboxylic acids is 3. The van der Waals surface area contributed by atoms with Crippen molar-refractivity contribution in [3.05, 3.63) is 48.7 Å². The summed E-state index contributed by atoms with van der Waals surface area (Å²) in [4.78, 5) is 38.9. The first kappa shape index (κ1) is 26.1. The summed E-state index contributed by atoms with van der Waals surface area (Å²) in [7, 11) is 1.30. The monoisotopic (exact) mass is 460 g/mol. The number of allylic oxidation sites excluding steroid dienone is 1. The SMILES string of the molecule is C=CCC1C[C@@H](OC(=O)C=CCCc2coc(C=CCNC(=O)OC)n2)C[C@@H](CC(C)=O)O1. The molecule has 180 valence electrons. The average Bonchev–Trinajstić information content (AvgIpc) is 3.21. The van der Waals surface area contributed by atoms with Crippen molar-refractivity contribution in [2.75, 3.05) is 13.7 Å². The molecule has 0 aliphatic carbocycles. The molecule has 0 aromatic carbocycles. The summed E-state index contributed by atoms with van der Waals surface area (Å²) >= 11 is 0. The fourth-order valence-electron chi connectivity index (χ4n) is 3.45. The van der Waals surface area contributed by atoms with Crippen LogP contribution >= 0.6 is 0 Å². The molecular weight excluding hydrogens is 428 g/mol. The van der Waals surface area contributed by atoms with Crippen LogP contribution in [0.4, 0.5) is 4.79 Å². The van der Waals surface area contributed by atoms with Crippen LogP contribution in [0.2, 0.25) is 0 Å². The van der Waals surface area contributed by atoms with Gasteiger partial charge in [-0.05, 0) is 32.3 Å². The van der Waals surface area contributed by atoms with E-state index < -0.39 is 12.1 Å². The third kappa shape index (κ3) is 10.3. The molecule has 9 heteroatoms. The highest BCUT2D eigenvalue weighted by Gasteiger charge is 2.31. The smallest absolute Gasteiger partial charge is 0.407 e. The molecule has 0 radical (unpaired) electrons. The second-order valence-electron chi connectivity index (χ2n) is 7.73. The molecule has 1 saturated heterocycles.